The van der Waals surface area contributed by atoms with Crippen LogP contribution in [-0.4, -0.2) is 46.4 Å². The van der Waals surface area contributed by atoms with Crippen molar-refractivity contribution < 1.29 is 9.84 Å². The molecule has 1 aromatic heterocycles. The largest absolute Gasteiger partial charge is 0.390 e. The Bertz CT molecular complexity index is 452. The second kappa shape index (κ2) is 6.42. The van der Waals surface area contributed by atoms with E-state index in [-0.39, 0.29) is 11.7 Å². The van der Waals surface area contributed by atoms with Crippen molar-refractivity contribution in [2.24, 2.45) is 0 Å². The summed E-state index contributed by atoms with van der Waals surface area (Å²) in [6, 6.07) is 4.30. The van der Waals surface area contributed by atoms with Crippen LogP contribution in [0.15, 0.2) is 18.3 Å². The maximum Gasteiger partial charge on any atom is 0.0964 e. The molecule has 2 aliphatic heterocycles. The first-order valence-electron chi connectivity index (χ1n) is 8.20. The van der Waals surface area contributed by atoms with Crippen LogP contribution >= 0.6 is 0 Å². The Morgan fingerprint density at radius 3 is 2.81 bits per heavy atom. The van der Waals surface area contributed by atoms with Gasteiger partial charge in [-0.1, -0.05) is 13.0 Å². The molecular formula is C17H26N2O2. The summed E-state index contributed by atoms with van der Waals surface area (Å²) in [6.07, 6.45) is 6.47. The summed E-state index contributed by atoms with van der Waals surface area (Å²) in [4.78, 5) is 6.96. The number of ether oxygens (including phenoxy) is 1. The zero-order chi connectivity index (χ0) is 14.7. The summed E-state index contributed by atoms with van der Waals surface area (Å²) in [5, 5.41) is 10.3. The van der Waals surface area contributed by atoms with Gasteiger partial charge in [0, 0.05) is 32.4 Å². The quantitative estimate of drug-likeness (QED) is 0.926. The molecule has 0 aliphatic carbocycles. The van der Waals surface area contributed by atoms with Gasteiger partial charge in [-0.15, -0.1) is 0 Å². The molecule has 4 heteroatoms. The number of hydrogen-bond donors (Lipinski definition) is 1. The van der Waals surface area contributed by atoms with Gasteiger partial charge in [-0.3, -0.25) is 9.88 Å². The first-order valence-corrected chi connectivity index (χ1v) is 8.20. The summed E-state index contributed by atoms with van der Waals surface area (Å²) < 4.78 is 5.96. The number of aliphatic hydroxyl groups is 1. The van der Waals surface area contributed by atoms with Gasteiger partial charge in [0.25, 0.3) is 0 Å². The van der Waals surface area contributed by atoms with Gasteiger partial charge in [-0.2, -0.15) is 0 Å². The fourth-order valence-electron chi connectivity index (χ4n) is 3.47. The number of rotatable bonds is 3. The van der Waals surface area contributed by atoms with Gasteiger partial charge in [0.05, 0.1) is 17.4 Å². The van der Waals surface area contributed by atoms with Gasteiger partial charge in [0.2, 0.25) is 0 Å². The molecule has 4 nitrogen and oxygen atoms in total. The number of aromatic nitrogens is 1. The fourth-order valence-corrected chi connectivity index (χ4v) is 3.47. The zero-order valence-corrected chi connectivity index (χ0v) is 12.9. The lowest BCUT2D eigenvalue weighted by Crippen LogP contribution is -2.55. The molecule has 1 spiro atoms. The topological polar surface area (TPSA) is 45.6 Å². The summed E-state index contributed by atoms with van der Waals surface area (Å²) in [5.41, 5.74) is 2.15. The Labute approximate surface area is 127 Å². The van der Waals surface area contributed by atoms with Crippen molar-refractivity contribution in [2.75, 3.05) is 19.7 Å². The molecular weight excluding hydrogens is 264 g/mol. The predicted octanol–water partition coefficient (Wildman–Crippen LogP) is 2.15. The van der Waals surface area contributed by atoms with Gasteiger partial charge < -0.3 is 9.84 Å². The molecule has 0 amide bonds. The van der Waals surface area contributed by atoms with E-state index in [0.29, 0.717) is 0 Å². The summed E-state index contributed by atoms with van der Waals surface area (Å²) in [7, 11) is 0. The molecule has 21 heavy (non-hydrogen) atoms. The molecule has 0 unspecified atom stereocenters. The number of pyridine rings is 1. The molecule has 0 saturated carbocycles. The van der Waals surface area contributed by atoms with Crippen LogP contribution in [0.4, 0.5) is 0 Å². The molecule has 1 atom stereocenters. The minimum Gasteiger partial charge on any atom is -0.390 e. The normalized spacial score (nSPS) is 26.1. The smallest absolute Gasteiger partial charge is 0.0964 e. The number of likely N-dealkylation sites (tertiary alicyclic amines) is 1. The monoisotopic (exact) mass is 290 g/mol. The summed E-state index contributed by atoms with van der Waals surface area (Å²) >= 11 is 0. The molecule has 0 bridgehead atoms. The number of hydrogen-bond acceptors (Lipinski definition) is 4. The van der Waals surface area contributed by atoms with Crippen molar-refractivity contribution in [3.63, 3.8) is 0 Å². The second-order valence-corrected chi connectivity index (χ2v) is 6.36. The molecule has 0 aromatic carbocycles. The van der Waals surface area contributed by atoms with E-state index < -0.39 is 0 Å². The molecule has 1 aromatic rings. The van der Waals surface area contributed by atoms with E-state index in [1.807, 2.05) is 6.20 Å². The van der Waals surface area contributed by atoms with Crippen LogP contribution in [-0.2, 0) is 17.7 Å². The maximum atomic E-state index is 10.3. The highest BCUT2D eigenvalue weighted by atomic mass is 16.5. The van der Waals surface area contributed by atoms with E-state index in [2.05, 4.69) is 28.9 Å². The van der Waals surface area contributed by atoms with Crippen molar-refractivity contribution >= 4 is 0 Å². The summed E-state index contributed by atoms with van der Waals surface area (Å²) in [6.45, 7) is 5.81. The molecule has 3 rings (SSSR count). The van der Waals surface area contributed by atoms with Gasteiger partial charge in [0.1, 0.15) is 0 Å². The highest BCUT2D eigenvalue weighted by Crippen LogP contribution is 2.35. The van der Waals surface area contributed by atoms with Gasteiger partial charge >= 0.3 is 0 Å². The molecule has 116 valence electrons. The minimum absolute atomic E-state index is 0.270. The Kier molecular flexibility index (Phi) is 4.57. The van der Waals surface area contributed by atoms with Crippen molar-refractivity contribution in [1.29, 1.82) is 0 Å². The second-order valence-electron chi connectivity index (χ2n) is 6.36. The first-order chi connectivity index (χ1) is 10.2. The molecule has 2 fully saturated rings. The summed E-state index contributed by atoms with van der Waals surface area (Å²) in [5.74, 6) is 0. The Hall–Kier alpha value is -0.970. The molecule has 1 N–H and O–H groups in total. The van der Waals surface area contributed by atoms with Crippen LogP contribution in [0.2, 0.25) is 0 Å². The zero-order valence-electron chi connectivity index (χ0n) is 12.9. The predicted molar refractivity (Wildman–Crippen MR) is 82.0 cm³/mol. The average molecular weight is 290 g/mol. The van der Waals surface area contributed by atoms with E-state index in [0.717, 1.165) is 64.0 Å². The van der Waals surface area contributed by atoms with Crippen molar-refractivity contribution in [3.8, 4) is 0 Å². The molecule has 2 aliphatic rings. The maximum absolute atomic E-state index is 10.3. The van der Waals surface area contributed by atoms with E-state index >= 15 is 0 Å². The van der Waals surface area contributed by atoms with E-state index in [1.54, 1.807) is 0 Å². The van der Waals surface area contributed by atoms with Crippen LogP contribution in [0.1, 0.15) is 43.9 Å². The van der Waals surface area contributed by atoms with E-state index in [4.69, 9.17) is 4.74 Å². The Balaban J connectivity index is 1.55. The van der Waals surface area contributed by atoms with Crippen molar-refractivity contribution in [3.05, 3.63) is 29.6 Å². The SMILES string of the molecule is CCc1ccc(CN2CCC3(CC2)OCCC[C@H]3O)nc1. The van der Waals surface area contributed by atoms with Gasteiger partial charge in [-0.05, 0) is 43.7 Å². The lowest BCUT2D eigenvalue weighted by molar-refractivity contribution is -0.177. The third kappa shape index (κ3) is 3.28. The first kappa shape index (κ1) is 14.9. The number of aryl methyl sites for hydroxylation is 1. The van der Waals surface area contributed by atoms with Gasteiger partial charge in [0.15, 0.2) is 0 Å². The van der Waals surface area contributed by atoms with Gasteiger partial charge in [-0.25, -0.2) is 0 Å². The fraction of sp³-hybridized carbons (Fsp3) is 0.706. The van der Waals surface area contributed by atoms with Crippen LogP contribution in [0.5, 0.6) is 0 Å². The molecule has 0 radical (unpaired) electrons. The third-order valence-corrected chi connectivity index (χ3v) is 5.00. The highest BCUT2D eigenvalue weighted by Gasteiger charge is 2.43. The highest BCUT2D eigenvalue weighted by molar-refractivity contribution is 5.14. The minimum atomic E-state index is -0.282. The van der Waals surface area contributed by atoms with Crippen LogP contribution in [0.3, 0.4) is 0 Å². The van der Waals surface area contributed by atoms with Crippen LogP contribution < -0.4 is 0 Å². The van der Waals surface area contributed by atoms with Crippen LogP contribution in [0.25, 0.3) is 0 Å². The van der Waals surface area contributed by atoms with E-state index in [9.17, 15) is 5.11 Å². The standard InChI is InChI=1S/C17H26N2O2/c1-2-14-5-6-15(18-12-14)13-19-9-7-17(8-10-19)16(20)4-3-11-21-17/h5-6,12,16,20H,2-4,7-11,13H2,1H3/t16-/m1/s1. The van der Waals surface area contributed by atoms with E-state index in [1.165, 1.54) is 5.56 Å². The number of aliphatic hydroxyl groups excluding tert-OH is 1. The average Bonchev–Trinajstić information content (AvgIpc) is 2.53. The lowest BCUT2D eigenvalue weighted by Gasteiger charge is -2.46. The van der Waals surface area contributed by atoms with Crippen molar-refractivity contribution in [1.82, 2.24) is 9.88 Å². The molecule has 2 saturated heterocycles. The molecule has 3 heterocycles. The Morgan fingerprint density at radius 1 is 1.38 bits per heavy atom. The van der Waals surface area contributed by atoms with Crippen LogP contribution in [0, 0.1) is 0 Å². The lowest BCUT2D eigenvalue weighted by atomic mass is 9.82. The van der Waals surface area contributed by atoms with Crippen molar-refractivity contribution in [2.45, 2.75) is 57.3 Å². The number of piperidine rings is 1. The number of nitrogens with zero attached hydrogens (tertiary/aromatic N) is 2. The Morgan fingerprint density at radius 2 is 2.19 bits per heavy atom. The third-order valence-electron chi connectivity index (χ3n) is 5.00.